The highest BCUT2D eigenvalue weighted by atomic mass is 35.5. The third-order valence-electron chi connectivity index (χ3n) is 4.80. The SMILES string of the molecule is CCN(CC)CCCC(C)NC(=NC)NCc1cnn(-c2ccc(Cl)cc2)c1. The van der Waals surface area contributed by atoms with Gasteiger partial charge in [-0.15, -0.1) is 0 Å². The van der Waals surface area contributed by atoms with Gasteiger partial charge in [0.15, 0.2) is 5.96 Å². The van der Waals surface area contributed by atoms with E-state index in [0.717, 1.165) is 48.3 Å². The first-order chi connectivity index (χ1) is 13.5. The Morgan fingerprint density at radius 3 is 2.61 bits per heavy atom. The summed E-state index contributed by atoms with van der Waals surface area (Å²) in [6.45, 7) is 10.7. The second-order valence-corrected chi connectivity index (χ2v) is 7.35. The fourth-order valence-electron chi connectivity index (χ4n) is 3.03. The lowest BCUT2D eigenvalue weighted by molar-refractivity contribution is 0.292. The van der Waals surface area contributed by atoms with Crippen molar-refractivity contribution in [3.05, 3.63) is 47.2 Å². The van der Waals surface area contributed by atoms with Crippen molar-refractivity contribution in [1.29, 1.82) is 0 Å². The summed E-state index contributed by atoms with van der Waals surface area (Å²) in [6, 6.07) is 8.01. The Hall–Kier alpha value is -2.05. The van der Waals surface area contributed by atoms with Gasteiger partial charge in [-0.3, -0.25) is 4.99 Å². The van der Waals surface area contributed by atoms with Gasteiger partial charge in [-0.1, -0.05) is 25.4 Å². The molecule has 0 aliphatic heterocycles. The number of nitrogens with zero attached hydrogens (tertiary/aromatic N) is 4. The standard InChI is InChI=1S/C21H33ClN6/c1-5-27(6-2)13-7-8-17(3)26-21(23-4)24-14-18-15-25-28(16-18)20-11-9-19(22)10-12-20/h9-12,15-17H,5-8,13-14H2,1-4H3,(H2,23,24,26). The molecule has 1 aromatic carbocycles. The Bertz CT molecular complexity index is 721. The van der Waals surface area contributed by atoms with Gasteiger partial charge in [-0.25, -0.2) is 4.68 Å². The maximum atomic E-state index is 5.95. The van der Waals surface area contributed by atoms with Gasteiger partial charge in [-0.05, 0) is 63.7 Å². The molecule has 0 saturated heterocycles. The number of aliphatic imine (C=N–C) groups is 1. The average molecular weight is 405 g/mol. The molecular formula is C21H33ClN6. The van der Waals surface area contributed by atoms with Crippen molar-refractivity contribution in [2.45, 2.75) is 46.2 Å². The zero-order valence-electron chi connectivity index (χ0n) is 17.5. The highest BCUT2D eigenvalue weighted by molar-refractivity contribution is 6.30. The number of aromatic nitrogens is 2. The van der Waals surface area contributed by atoms with Crippen LogP contribution >= 0.6 is 11.6 Å². The van der Waals surface area contributed by atoms with Crippen LogP contribution in [0.25, 0.3) is 5.69 Å². The van der Waals surface area contributed by atoms with Crippen LogP contribution in [0.1, 0.15) is 39.2 Å². The van der Waals surface area contributed by atoms with Crippen molar-refractivity contribution in [2.24, 2.45) is 4.99 Å². The van der Waals surface area contributed by atoms with Crippen molar-refractivity contribution >= 4 is 17.6 Å². The molecule has 0 radical (unpaired) electrons. The summed E-state index contributed by atoms with van der Waals surface area (Å²) >= 11 is 5.95. The Kier molecular flexibility index (Phi) is 9.31. The lowest BCUT2D eigenvalue weighted by Crippen LogP contribution is -2.42. The highest BCUT2D eigenvalue weighted by Gasteiger charge is 2.07. The molecule has 2 rings (SSSR count). The van der Waals surface area contributed by atoms with Gasteiger partial charge in [-0.2, -0.15) is 5.10 Å². The van der Waals surface area contributed by atoms with Crippen LogP contribution in [0, 0.1) is 0 Å². The molecule has 2 aromatic rings. The molecule has 2 N–H and O–H groups in total. The third kappa shape index (κ3) is 7.17. The van der Waals surface area contributed by atoms with Gasteiger partial charge in [0.1, 0.15) is 0 Å². The fourth-order valence-corrected chi connectivity index (χ4v) is 3.16. The largest absolute Gasteiger partial charge is 0.354 e. The molecule has 1 atom stereocenters. The zero-order chi connectivity index (χ0) is 20.4. The molecule has 1 unspecified atom stereocenters. The van der Waals surface area contributed by atoms with Crippen LogP contribution in [0.3, 0.4) is 0 Å². The smallest absolute Gasteiger partial charge is 0.191 e. The molecule has 0 aliphatic rings. The molecule has 7 heteroatoms. The van der Waals surface area contributed by atoms with Gasteiger partial charge in [0.25, 0.3) is 0 Å². The van der Waals surface area contributed by atoms with E-state index >= 15 is 0 Å². The first-order valence-corrected chi connectivity index (χ1v) is 10.4. The lowest BCUT2D eigenvalue weighted by atomic mass is 10.2. The molecular weight excluding hydrogens is 372 g/mol. The van der Waals surface area contributed by atoms with Gasteiger partial charge >= 0.3 is 0 Å². The van der Waals surface area contributed by atoms with Crippen molar-refractivity contribution in [2.75, 3.05) is 26.7 Å². The molecule has 1 heterocycles. The summed E-state index contributed by atoms with van der Waals surface area (Å²) in [5, 5.41) is 12.0. The number of halogens is 1. The van der Waals surface area contributed by atoms with Crippen molar-refractivity contribution in [3.8, 4) is 5.69 Å². The average Bonchev–Trinajstić information content (AvgIpc) is 3.18. The van der Waals surface area contributed by atoms with Gasteiger partial charge in [0, 0.05) is 36.4 Å². The van der Waals surface area contributed by atoms with E-state index in [1.807, 2.05) is 41.3 Å². The number of benzene rings is 1. The molecule has 0 fully saturated rings. The minimum absolute atomic E-state index is 0.374. The summed E-state index contributed by atoms with van der Waals surface area (Å²) in [7, 11) is 1.80. The summed E-state index contributed by atoms with van der Waals surface area (Å²) < 4.78 is 1.85. The molecule has 6 nitrogen and oxygen atoms in total. The van der Waals surface area contributed by atoms with E-state index in [9.17, 15) is 0 Å². The maximum absolute atomic E-state index is 5.95. The van der Waals surface area contributed by atoms with Gasteiger partial charge in [0.2, 0.25) is 0 Å². The van der Waals surface area contributed by atoms with E-state index in [1.54, 1.807) is 7.05 Å². The molecule has 0 bridgehead atoms. The zero-order valence-corrected chi connectivity index (χ0v) is 18.2. The first-order valence-electron chi connectivity index (χ1n) is 10.0. The third-order valence-corrected chi connectivity index (χ3v) is 5.05. The van der Waals surface area contributed by atoms with Crippen LogP contribution in [0.2, 0.25) is 5.02 Å². The quantitative estimate of drug-likeness (QED) is 0.468. The Labute approximate surface area is 174 Å². The number of guanidine groups is 1. The van der Waals surface area contributed by atoms with Crippen LogP contribution < -0.4 is 10.6 Å². The van der Waals surface area contributed by atoms with Crippen molar-refractivity contribution < 1.29 is 0 Å². The molecule has 0 saturated carbocycles. The number of hydrogen-bond acceptors (Lipinski definition) is 3. The summed E-state index contributed by atoms with van der Waals surface area (Å²) in [4.78, 5) is 6.79. The molecule has 0 amide bonds. The monoisotopic (exact) mass is 404 g/mol. The highest BCUT2D eigenvalue weighted by Crippen LogP contribution is 2.13. The number of nitrogens with one attached hydrogen (secondary N) is 2. The number of hydrogen-bond donors (Lipinski definition) is 2. The van der Waals surface area contributed by atoms with E-state index < -0.39 is 0 Å². The molecule has 0 spiro atoms. The van der Waals surface area contributed by atoms with Crippen LogP contribution in [0.4, 0.5) is 0 Å². The van der Waals surface area contributed by atoms with E-state index in [0.29, 0.717) is 12.6 Å². The predicted octanol–water partition coefficient (Wildman–Crippen LogP) is 3.70. The lowest BCUT2D eigenvalue weighted by Gasteiger charge is -2.21. The molecule has 0 aliphatic carbocycles. The maximum Gasteiger partial charge on any atom is 0.191 e. The Morgan fingerprint density at radius 1 is 1.25 bits per heavy atom. The van der Waals surface area contributed by atoms with Crippen LogP contribution in [0.15, 0.2) is 41.7 Å². The summed E-state index contributed by atoms with van der Waals surface area (Å²) in [6.07, 6.45) is 6.17. The van der Waals surface area contributed by atoms with E-state index in [2.05, 4.69) is 46.4 Å². The Balaban J connectivity index is 1.78. The number of rotatable bonds is 10. The van der Waals surface area contributed by atoms with E-state index in [4.69, 9.17) is 11.6 Å². The van der Waals surface area contributed by atoms with E-state index in [1.165, 1.54) is 6.42 Å². The second-order valence-electron chi connectivity index (χ2n) is 6.91. The van der Waals surface area contributed by atoms with Crippen LogP contribution in [-0.4, -0.2) is 53.4 Å². The minimum Gasteiger partial charge on any atom is -0.354 e. The van der Waals surface area contributed by atoms with Crippen LogP contribution in [0.5, 0.6) is 0 Å². The predicted molar refractivity (Wildman–Crippen MR) is 118 cm³/mol. The Morgan fingerprint density at radius 2 is 1.96 bits per heavy atom. The summed E-state index contributed by atoms with van der Waals surface area (Å²) in [5.74, 6) is 0.814. The minimum atomic E-state index is 0.374. The van der Waals surface area contributed by atoms with Gasteiger partial charge in [0.05, 0.1) is 11.9 Å². The molecule has 1 aromatic heterocycles. The van der Waals surface area contributed by atoms with Gasteiger partial charge < -0.3 is 15.5 Å². The molecule has 28 heavy (non-hydrogen) atoms. The summed E-state index contributed by atoms with van der Waals surface area (Å²) in [5.41, 5.74) is 2.08. The van der Waals surface area contributed by atoms with Crippen molar-refractivity contribution in [3.63, 3.8) is 0 Å². The van der Waals surface area contributed by atoms with Crippen LogP contribution in [-0.2, 0) is 6.54 Å². The van der Waals surface area contributed by atoms with Crippen molar-refractivity contribution in [1.82, 2.24) is 25.3 Å². The first kappa shape index (κ1) is 22.2. The topological polar surface area (TPSA) is 57.5 Å². The normalized spacial score (nSPS) is 13.0. The van der Waals surface area contributed by atoms with E-state index in [-0.39, 0.29) is 0 Å². The fraction of sp³-hybridized carbons (Fsp3) is 0.524. The second kappa shape index (κ2) is 11.7. The molecule has 154 valence electrons.